The van der Waals surface area contributed by atoms with Gasteiger partial charge < -0.3 is 4.74 Å². The molecule has 0 amide bonds. The smallest absolute Gasteiger partial charge is 0.137 e. The Kier molecular flexibility index (Phi) is 7.69. The highest BCUT2D eigenvalue weighted by atomic mass is 35.5. The van der Waals surface area contributed by atoms with E-state index in [-0.39, 0.29) is 30.7 Å². The third-order valence-electron chi connectivity index (χ3n) is 2.95. The van der Waals surface area contributed by atoms with Crippen LogP contribution in [-0.4, -0.2) is 36.1 Å². The largest absolute Gasteiger partial charge is 0.490 e. The van der Waals surface area contributed by atoms with Crippen LogP contribution in [0.15, 0.2) is 24.5 Å². The zero-order valence-corrected chi connectivity index (χ0v) is 11.8. The third kappa shape index (κ3) is 4.34. The Labute approximate surface area is 120 Å². The number of nitrogens with zero attached hydrogens (tertiary/aromatic N) is 3. The van der Waals surface area contributed by atoms with Gasteiger partial charge in [-0.05, 0) is 25.6 Å². The topological polar surface area (TPSA) is 49.2 Å². The van der Waals surface area contributed by atoms with Crippen molar-refractivity contribution in [2.45, 2.75) is 12.5 Å². The van der Waals surface area contributed by atoms with Crippen LogP contribution in [0, 0.1) is 17.2 Å². The van der Waals surface area contributed by atoms with E-state index >= 15 is 0 Å². The Morgan fingerprint density at radius 1 is 1.56 bits per heavy atom. The van der Waals surface area contributed by atoms with Crippen LogP contribution in [0.5, 0.6) is 5.75 Å². The Morgan fingerprint density at radius 3 is 2.89 bits per heavy atom. The number of pyridine rings is 1. The van der Waals surface area contributed by atoms with Gasteiger partial charge in [0, 0.05) is 18.8 Å². The first-order chi connectivity index (χ1) is 7.79. The number of ether oxygens (including phenoxy) is 1. The molecule has 1 saturated heterocycles. The fourth-order valence-corrected chi connectivity index (χ4v) is 1.99. The van der Waals surface area contributed by atoms with Gasteiger partial charge in [0.25, 0.3) is 0 Å². The van der Waals surface area contributed by atoms with Gasteiger partial charge in [-0.25, -0.2) is 0 Å². The van der Waals surface area contributed by atoms with Crippen molar-refractivity contribution in [2.24, 2.45) is 5.92 Å². The first-order valence-corrected chi connectivity index (χ1v) is 5.42. The predicted octanol–water partition coefficient (Wildman–Crippen LogP) is 2.15. The lowest BCUT2D eigenvalue weighted by Gasteiger charge is -2.19. The van der Waals surface area contributed by atoms with Gasteiger partial charge >= 0.3 is 0 Å². The van der Waals surface area contributed by atoms with Crippen molar-refractivity contribution in [1.29, 1.82) is 5.26 Å². The van der Waals surface area contributed by atoms with Crippen LogP contribution < -0.4 is 4.74 Å². The van der Waals surface area contributed by atoms with Gasteiger partial charge in [0.1, 0.15) is 12.4 Å². The van der Waals surface area contributed by atoms with Gasteiger partial charge in [-0.15, -0.1) is 24.8 Å². The molecule has 100 valence electrons. The molecule has 4 nitrogen and oxygen atoms in total. The highest BCUT2D eigenvalue weighted by Crippen LogP contribution is 2.21. The molecule has 0 N–H and O–H groups in total. The summed E-state index contributed by atoms with van der Waals surface area (Å²) in [7, 11) is 2.04. The minimum Gasteiger partial charge on any atom is -0.490 e. The molecule has 0 radical (unpaired) electrons. The highest BCUT2D eigenvalue weighted by molar-refractivity contribution is 5.85. The Hall–Kier alpha value is -1.02. The van der Waals surface area contributed by atoms with Crippen LogP contribution in [0.1, 0.15) is 6.42 Å². The van der Waals surface area contributed by atoms with E-state index in [0.717, 1.165) is 18.7 Å². The Balaban J connectivity index is 0.00000144. The van der Waals surface area contributed by atoms with Crippen molar-refractivity contribution in [2.75, 3.05) is 20.2 Å². The maximum Gasteiger partial charge on any atom is 0.137 e. The van der Waals surface area contributed by atoms with Crippen molar-refractivity contribution in [3.05, 3.63) is 24.5 Å². The summed E-state index contributed by atoms with van der Waals surface area (Å²) in [6.07, 6.45) is 4.32. The van der Waals surface area contributed by atoms with Crippen molar-refractivity contribution in [3.63, 3.8) is 0 Å². The van der Waals surface area contributed by atoms with Crippen molar-refractivity contribution in [3.8, 4) is 11.8 Å². The molecule has 0 saturated carbocycles. The molecule has 18 heavy (non-hydrogen) atoms. The lowest BCUT2D eigenvalue weighted by atomic mass is 10.1. The zero-order chi connectivity index (χ0) is 11.4. The van der Waals surface area contributed by atoms with Crippen LogP contribution >= 0.6 is 24.8 Å². The molecule has 1 aliphatic heterocycles. The monoisotopic (exact) mass is 289 g/mol. The summed E-state index contributed by atoms with van der Waals surface area (Å²) in [5.41, 5.74) is 0. The molecule has 1 aromatic rings. The van der Waals surface area contributed by atoms with Crippen LogP contribution in [0.3, 0.4) is 0 Å². The van der Waals surface area contributed by atoms with E-state index in [1.165, 1.54) is 0 Å². The lowest BCUT2D eigenvalue weighted by molar-refractivity contribution is 0.198. The third-order valence-corrected chi connectivity index (χ3v) is 2.95. The molecule has 6 heteroatoms. The first-order valence-electron chi connectivity index (χ1n) is 5.42. The molecule has 1 aromatic heterocycles. The maximum atomic E-state index is 8.86. The van der Waals surface area contributed by atoms with E-state index in [0.29, 0.717) is 12.6 Å². The SMILES string of the molecule is CN1C[C@@H](C#N)CC1COc1cccnc1.Cl.Cl. The van der Waals surface area contributed by atoms with Gasteiger partial charge in [-0.2, -0.15) is 5.26 Å². The maximum absolute atomic E-state index is 8.86. The lowest BCUT2D eigenvalue weighted by Crippen LogP contribution is -2.30. The summed E-state index contributed by atoms with van der Waals surface area (Å²) >= 11 is 0. The number of nitriles is 1. The molecule has 1 unspecified atom stereocenters. The van der Waals surface area contributed by atoms with Crippen LogP contribution in [0.2, 0.25) is 0 Å². The fraction of sp³-hybridized carbons (Fsp3) is 0.500. The molecule has 0 aliphatic carbocycles. The Bertz CT molecular complexity index is 383. The average molecular weight is 290 g/mol. The number of likely N-dealkylation sites (tertiary alicyclic amines) is 1. The second-order valence-corrected chi connectivity index (χ2v) is 4.15. The second kappa shape index (κ2) is 8.15. The molecular weight excluding hydrogens is 273 g/mol. The molecular formula is C12H17Cl2N3O. The van der Waals surface area contributed by atoms with Crippen molar-refractivity contribution >= 4 is 24.8 Å². The van der Waals surface area contributed by atoms with Gasteiger partial charge in [0.2, 0.25) is 0 Å². The first kappa shape index (κ1) is 17.0. The minimum absolute atomic E-state index is 0. The van der Waals surface area contributed by atoms with E-state index in [1.54, 1.807) is 12.4 Å². The van der Waals surface area contributed by atoms with Gasteiger partial charge in [0.15, 0.2) is 0 Å². The number of aromatic nitrogens is 1. The molecule has 1 aliphatic rings. The van der Waals surface area contributed by atoms with Gasteiger partial charge in [0.05, 0.1) is 18.2 Å². The predicted molar refractivity (Wildman–Crippen MR) is 74.4 cm³/mol. The molecule has 0 spiro atoms. The van der Waals surface area contributed by atoms with Crippen molar-refractivity contribution < 1.29 is 4.74 Å². The Morgan fingerprint density at radius 2 is 2.33 bits per heavy atom. The van der Waals surface area contributed by atoms with Crippen LogP contribution in [0.4, 0.5) is 0 Å². The summed E-state index contributed by atoms with van der Waals surface area (Å²) in [6.45, 7) is 1.47. The molecule has 0 bridgehead atoms. The number of hydrogen-bond donors (Lipinski definition) is 0. The van der Waals surface area contributed by atoms with E-state index in [1.807, 2.05) is 19.2 Å². The van der Waals surface area contributed by atoms with Gasteiger partial charge in [-0.3, -0.25) is 9.88 Å². The van der Waals surface area contributed by atoms with E-state index in [4.69, 9.17) is 10.00 Å². The van der Waals surface area contributed by atoms with Crippen molar-refractivity contribution in [1.82, 2.24) is 9.88 Å². The second-order valence-electron chi connectivity index (χ2n) is 4.15. The molecule has 1 fully saturated rings. The molecule has 2 rings (SSSR count). The summed E-state index contributed by atoms with van der Waals surface area (Å²) in [6, 6.07) is 6.40. The summed E-state index contributed by atoms with van der Waals surface area (Å²) in [4.78, 5) is 6.17. The number of rotatable bonds is 3. The summed E-state index contributed by atoms with van der Waals surface area (Å²) < 4.78 is 5.64. The molecule has 2 atom stereocenters. The minimum atomic E-state index is 0. The molecule has 2 heterocycles. The summed E-state index contributed by atoms with van der Waals surface area (Å²) in [5, 5.41) is 8.86. The average Bonchev–Trinajstić information content (AvgIpc) is 2.69. The van der Waals surface area contributed by atoms with E-state index in [2.05, 4.69) is 16.0 Å². The van der Waals surface area contributed by atoms with E-state index in [9.17, 15) is 0 Å². The number of halogens is 2. The zero-order valence-electron chi connectivity index (χ0n) is 10.2. The summed E-state index contributed by atoms with van der Waals surface area (Å²) in [5.74, 6) is 0.934. The number of hydrogen-bond acceptors (Lipinski definition) is 4. The quantitative estimate of drug-likeness (QED) is 0.856. The number of likely N-dealkylation sites (N-methyl/N-ethyl adjacent to an activating group) is 1. The van der Waals surface area contributed by atoms with Gasteiger partial charge in [-0.1, -0.05) is 0 Å². The fourth-order valence-electron chi connectivity index (χ4n) is 1.99. The van der Waals surface area contributed by atoms with Crippen LogP contribution in [-0.2, 0) is 0 Å². The standard InChI is InChI=1S/C12H15N3O.2ClH/c1-15-8-10(6-13)5-11(15)9-16-12-3-2-4-14-7-12;;/h2-4,7,10-11H,5,8-9H2,1H3;2*1H/t10-,11?;;/m1../s1. The normalized spacial score (nSPS) is 22.4. The van der Waals surface area contributed by atoms with E-state index < -0.39 is 0 Å². The highest BCUT2D eigenvalue weighted by Gasteiger charge is 2.29. The van der Waals surface area contributed by atoms with Crippen LogP contribution in [0.25, 0.3) is 0 Å². The molecule has 0 aromatic carbocycles.